The first-order valence-electron chi connectivity index (χ1n) is 9.23. The van der Waals surface area contributed by atoms with Gasteiger partial charge in [-0.1, -0.05) is 24.6 Å². The minimum atomic E-state index is -0.741. The van der Waals surface area contributed by atoms with Crippen LogP contribution in [0.3, 0.4) is 0 Å². The SMILES string of the molecule is CC[C@@H](Oc1ccc(C)cc1C)C(=O)Nc1cc(OC)c(OC)cc1C(=O)OC. The highest BCUT2D eigenvalue weighted by Crippen LogP contribution is 2.34. The Morgan fingerprint density at radius 1 is 0.966 bits per heavy atom. The molecule has 2 aromatic rings. The molecule has 7 nitrogen and oxygen atoms in total. The van der Waals surface area contributed by atoms with E-state index in [9.17, 15) is 9.59 Å². The van der Waals surface area contributed by atoms with E-state index < -0.39 is 12.1 Å². The minimum Gasteiger partial charge on any atom is -0.493 e. The number of aryl methyl sites for hydroxylation is 2. The van der Waals surface area contributed by atoms with E-state index in [0.717, 1.165) is 11.1 Å². The number of benzene rings is 2. The molecular formula is C22H27NO6. The fourth-order valence-corrected chi connectivity index (χ4v) is 2.88. The van der Waals surface area contributed by atoms with E-state index in [0.29, 0.717) is 23.7 Å². The average Bonchev–Trinajstić information content (AvgIpc) is 2.72. The Kier molecular flexibility index (Phi) is 7.47. The summed E-state index contributed by atoms with van der Waals surface area (Å²) in [6, 6.07) is 8.75. The maximum absolute atomic E-state index is 12.9. The molecule has 1 amide bonds. The first-order chi connectivity index (χ1) is 13.8. The highest BCUT2D eigenvalue weighted by atomic mass is 16.5. The van der Waals surface area contributed by atoms with Crippen molar-refractivity contribution in [2.75, 3.05) is 26.6 Å². The van der Waals surface area contributed by atoms with E-state index in [-0.39, 0.29) is 17.2 Å². The molecule has 2 rings (SSSR count). The quantitative estimate of drug-likeness (QED) is 0.676. The third-order valence-electron chi connectivity index (χ3n) is 4.45. The molecule has 0 radical (unpaired) electrons. The van der Waals surface area contributed by atoms with Crippen LogP contribution in [0.2, 0.25) is 0 Å². The number of esters is 1. The number of rotatable bonds is 8. The van der Waals surface area contributed by atoms with Gasteiger partial charge in [0.15, 0.2) is 17.6 Å². The highest BCUT2D eigenvalue weighted by Gasteiger charge is 2.24. The molecule has 0 unspecified atom stereocenters. The average molecular weight is 401 g/mol. The molecule has 0 aromatic heterocycles. The maximum atomic E-state index is 12.9. The molecular weight excluding hydrogens is 374 g/mol. The second-order valence-electron chi connectivity index (χ2n) is 6.52. The topological polar surface area (TPSA) is 83.1 Å². The van der Waals surface area contributed by atoms with Gasteiger partial charge in [-0.05, 0) is 31.9 Å². The molecule has 29 heavy (non-hydrogen) atoms. The van der Waals surface area contributed by atoms with Crippen molar-refractivity contribution in [2.45, 2.75) is 33.3 Å². The van der Waals surface area contributed by atoms with Gasteiger partial charge in [0.1, 0.15) is 5.75 Å². The van der Waals surface area contributed by atoms with Crippen molar-refractivity contribution < 1.29 is 28.5 Å². The molecule has 0 aliphatic carbocycles. The summed E-state index contributed by atoms with van der Waals surface area (Å²) in [6.45, 7) is 5.77. The van der Waals surface area contributed by atoms with Gasteiger partial charge in [0.25, 0.3) is 5.91 Å². The van der Waals surface area contributed by atoms with Crippen molar-refractivity contribution in [2.24, 2.45) is 0 Å². The monoisotopic (exact) mass is 401 g/mol. The van der Waals surface area contributed by atoms with Crippen molar-refractivity contribution in [1.82, 2.24) is 0 Å². The number of hydrogen-bond donors (Lipinski definition) is 1. The number of carbonyl (C=O) groups is 2. The molecule has 0 spiro atoms. The first-order valence-corrected chi connectivity index (χ1v) is 9.23. The molecule has 2 aromatic carbocycles. The van der Waals surface area contributed by atoms with Crippen molar-refractivity contribution in [1.29, 1.82) is 0 Å². The Labute approximate surface area is 170 Å². The van der Waals surface area contributed by atoms with Gasteiger partial charge in [-0.25, -0.2) is 4.79 Å². The van der Waals surface area contributed by atoms with E-state index in [1.807, 2.05) is 39.0 Å². The summed E-state index contributed by atoms with van der Waals surface area (Å²) in [6.07, 6.45) is -0.296. The van der Waals surface area contributed by atoms with E-state index in [1.165, 1.54) is 33.5 Å². The largest absolute Gasteiger partial charge is 0.493 e. The van der Waals surface area contributed by atoms with Crippen LogP contribution >= 0.6 is 0 Å². The molecule has 156 valence electrons. The van der Waals surface area contributed by atoms with Crippen LogP contribution in [0.4, 0.5) is 5.69 Å². The van der Waals surface area contributed by atoms with Gasteiger partial charge in [0.2, 0.25) is 0 Å². The van der Waals surface area contributed by atoms with E-state index >= 15 is 0 Å². The van der Waals surface area contributed by atoms with Gasteiger partial charge < -0.3 is 24.3 Å². The zero-order valence-corrected chi connectivity index (χ0v) is 17.6. The van der Waals surface area contributed by atoms with Crippen LogP contribution in [0.25, 0.3) is 0 Å². The molecule has 0 saturated carbocycles. The van der Waals surface area contributed by atoms with Crippen LogP contribution in [0.1, 0.15) is 34.8 Å². The summed E-state index contributed by atoms with van der Waals surface area (Å²) in [5.74, 6) is 0.371. The predicted octanol–water partition coefficient (Wildman–Crippen LogP) is 3.90. The van der Waals surface area contributed by atoms with E-state index in [4.69, 9.17) is 18.9 Å². The summed E-state index contributed by atoms with van der Waals surface area (Å²) in [5, 5.41) is 2.75. The summed E-state index contributed by atoms with van der Waals surface area (Å²) in [5.41, 5.74) is 2.46. The summed E-state index contributed by atoms with van der Waals surface area (Å²) in [4.78, 5) is 25.1. The number of anilines is 1. The molecule has 0 bridgehead atoms. The maximum Gasteiger partial charge on any atom is 0.340 e. The number of nitrogens with one attached hydrogen (secondary N) is 1. The number of ether oxygens (including phenoxy) is 4. The molecule has 0 aliphatic heterocycles. The van der Waals surface area contributed by atoms with Crippen LogP contribution in [-0.2, 0) is 9.53 Å². The normalized spacial score (nSPS) is 11.4. The fraction of sp³-hybridized carbons (Fsp3) is 0.364. The molecule has 0 heterocycles. The molecule has 0 aliphatic rings. The molecule has 0 saturated heterocycles. The fourth-order valence-electron chi connectivity index (χ4n) is 2.88. The van der Waals surface area contributed by atoms with E-state index in [2.05, 4.69) is 5.32 Å². The third kappa shape index (κ3) is 5.19. The van der Waals surface area contributed by atoms with Crippen molar-refractivity contribution >= 4 is 17.6 Å². The van der Waals surface area contributed by atoms with Gasteiger partial charge in [-0.2, -0.15) is 0 Å². The zero-order chi connectivity index (χ0) is 21.6. The van der Waals surface area contributed by atoms with Crippen molar-refractivity contribution in [3.05, 3.63) is 47.0 Å². The standard InChI is InChI=1S/C22H27NO6/c1-7-17(29-18-9-8-13(2)10-14(18)3)21(24)23-16-12-20(27-5)19(26-4)11-15(16)22(25)28-6/h8-12,17H,7H2,1-6H3,(H,23,24)/t17-/m1/s1. The van der Waals surface area contributed by atoms with Gasteiger partial charge in [0, 0.05) is 12.1 Å². The van der Waals surface area contributed by atoms with Gasteiger partial charge >= 0.3 is 5.97 Å². The van der Waals surface area contributed by atoms with Crippen LogP contribution in [-0.4, -0.2) is 39.3 Å². The molecule has 0 fully saturated rings. The van der Waals surface area contributed by atoms with Crippen LogP contribution in [0.5, 0.6) is 17.2 Å². The number of hydrogen-bond acceptors (Lipinski definition) is 6. The lowest BCUT2D eigenvalue weighted by atomic mass is 10.1. The summed E-state index contributed by atoms with van der Waals surface area (Å²) >= 11 is 0. The summed E-state index contributed by atoms with van der Waals surface area (Å²) < 4.78 is 21.3. The Bertz CT molecular complexity index is 893. The highest BCUT2D eigenvalue weighted by molar-refractivity contribution is 6.03. The zero-order valence-electron chi connectivity index (χ0n) is 17.6. The van der Waals surface area contributed by atoms with Gasteiger partial charge in [-0.15, -0.1) is 0 Å². The van der Waals surface area contributed by atoms with Gasteiger partial charge in [-0.3, -0.25) is 4.79 Å². The number of carbonyl (C=O) groups excluding carboxylic acids is 2. The third-order valence-corrected chi connectivity index (χ3v) is 4.45. The van der Waals surface area contributed by atoms with Crippen molar-refractivity contribution in [3.63, 3.8) is 0 Å². The predicted molar refractivity (Wildman–Crippen MR) is 110 cm³/mol. The first kappa shape index (κ1) is 22.1. The lowest BCUT2D eigenvalue weighted by Gasteiger charge is -2.20. The Hall–Kier alpha value is -3.22. The number of amides is 1. The Morgan fingerprint density at radius 2 is 1.62 bits per heavy atom. The second-order valence-corrected chi connectivity index (χ2v) is 6.52. The molecule has 1 atom stereocenters. The van der Waals surface area contributed by atoms with Gasteiger partial charge in [0.05, 0.1) is 32.6 Å². The van der Waals surface area contributed by atoms with Crippen LogP contribution < -0.4 is 19.5 Å². The lowest BCUT2D eigenvalue weighted by Crippen LogP contribution is -2.33. The summed E-state index contributed by atoms with van der Waals surface area (Å²) in [7, 11) is 4.20. The smallest absolute Gasteiger partial charge is 0.340 e. The number of methoxy groups -OCH3 is 3. The minimum absolute atomic E-state index is 0.153. The van der Waals surface area contributed by atoms with Crippen LogP contribution in [0.15, 0.2) is 30.3 Å². The van der Waals surface area contributed by atoms with E-state index in [1.54, 1.807) is 0 Å². The Morgan fingerprint density at radius 3 is 2.17 bits per heavy atom. The molecule has 1 N–H and O–H groups in total. The van der Waals surface area contributed by atoms with Crippen LogP contribution in [0, 0.1) is 13.8 Å². The second kappa shape index (κ2) is 9.82. The Balaban J connectivity index is 2.32. The lowest BCUT2D eigenvalue weighted by molar-refractivity contribution is -0.122. The van der Waals surface area contributed by atoms with Crippen molar-refractivity contribution in [3.8, 4) is 17.2 Å². The molecule has 7 heteroatoms.